The van der Waals surface area contributed by atoms with E-state index in [9.17, 15) is 4.79 Å². The molecule has 2 nitrogen and oxygen atoms in total. The van der Waals surface area contributed by atoms with Gasteiger partial charge in [-0.25, -0.2) is 0 Å². The lowest BCUT2D eigenvalue weighted by Gasteiger charge is -2.30. The molecule has 1 aliphatic heterocycles. The van der Waals surface area contributed by atoms with E-state index < -0.39 is 0 Å². The van der Waals surface area contributed by atoms with Crippen LogP contribution in [0.4, 0.5) is 5.69 Å². The standard InChI is InChI=1S/C18H26BrNOS2/c1-3-14-8-7-9-15(4-2)18(14)20(16(21)12-19)13-17-22-10-5-6-11-23-17/h7-9,17H,3-6,10-13H2,1-2H3. The molecule has 1 aromatic carbocycles. The number of hydrogen-bond donors (Lipinski definition) is 0. The van der Waals surface area contributed by atoms with E-state index >= 15 is 0 Å². The first-order chi connectivity index (χ1) is 11.2. The summed E-state index contributed by atoms with van der Waals surface area (Å²) in [6.45, 7) is 5.15. The zero-order valence-corrected chi connectivity index (χ0v) is 17.2. The highest BCUT2D eigenvalue weighted by atomic mass is 79.9. The van der Waals surface area contributed by atoms with Gasteiger partial charge in [0.15, 0.2) is 0 Å². The van der Waals surface area contributed by atoms with E-state index in [2.05, 4.69) is 48.0 Å². The van der Waals surface area contributed by atoms with Gasteiger partial charge in [-0.1, -0.05) is 48.0 Å². The molecule has 1 amide bonds. The SMILES string of the molecule is CCc1cccc(CC)c1N(CC1SCCCCS1)C(=O)CBr. The molecule has 0 aromatic heterocycles. The summed E-state index contributed by atoms with van der Waals surface area (Å²) in [4.78, 5) is 14.7. The van der Waals surface area contributed by atoms with Crippen molar-refractivity contribution in [1.29, 1.82) is 0 Å². The van der Waals surface area contributed by atoms with E-state index in [1.807, 2.05) is 28.4 Å². The maximum atomic E-state index is 12.7. The van der Waals surface area contributed by atoms with Gasteiger partial charge < -0.3 is 4.90 Å². The van der Waals surface area contributed by atoms with E-state index in [1.165, 1.54) is 35.5 Å². The quantitative estimate of drug-likeness (QED) is 0.600. The second kappa shape index (κ2) is 10.00. The molecule has 1 aromatic rings. The number of hydrogen-bond acceptors (Lipinski definition) is 3. The lowest BCUT2D eigenvalue weighted by atomic mass is 10.0. The van der Waals surface area contributed by atoms with Crippen molar-refractivity contribution in [3.05, 3.63) is 29.3 Å². The first-order valence-corrected chi connectivity index (χ1v) is 11.6. The van der Waals surface area contributed by atoms with Crippen molar-refractivity contribution in [2.45, 2.75) is 44.1 Å². The number of anilines is 1. The van der Waals surface area contributed by atoms with Gasteiger partial charge in [0.1, 0.15) is 0 Å². The number of carbonyl (C=O) groups excluding carboxylic acids is 1. The average Bonchev–Trinajstić information content (AvgIpc) is 2.87. The van der Waals surface area contributed by atoms with Gasteiger partial charge in [0.2, 0.25) is 5.91 Å². The molecule has 5 heteroatoms. The van der Waals surface area contributed by atoms with E-state index in [4.69, 9.17) is 0 Å². The van der Waals surface area contributed by atoms with Gasteiger partial charge in [-0.3, -0.25) is 4.79 Å². The predicted molar refractivity (Wildman–Crippen MR) is 109 cm³/mol. The van der Waals surface area contributed by atoms with Crippen LogP contribution in [0.2, 0.25) is 0 Å². The minimum Gasteiger partial charge on any atom is -0.309 e. The number of carbonyl (C=O) groups is 1. The first kappa shape index (κ1) is 19.2. The Balaban J connectivity index is 2.33. The van der Waals surface area contributed by atoms with Crippen molar-refractivity contribution in [2.75, 3.05) is 28.3 Å². The number of thioether (sulfide) groups is 2. The van der Waals surface area contributed by atoms with Crippen LogP contribution in [-0.4, -0.2) is 33.9 Å². The third kappa shape index (κ3) is 5.17. The van der Waals surface area contributed by atoms with Crippen LogP contribution in [0.25, 0.3) is 0 Å². The predicted octanol–water partition coefficient (Wildman–Crippen LogP) is 5.13. The van der Waals surface area contributed by atoms with E-state index in [-0.39, 0.29) is 5.91 Å². The normalized spacial score (nSPS) is 16.1. The van der Waals surface area contributed by atoms with Crippen LogP contribution in [0.3, 0.4) is 0 Å². The number of rotatable bonds is 6. The summed E-state index contributed by atoms with van der Waals surface area (Å²) in [7, 11) is 0. The molecule has 128 valence electrons. The lowest BCUT2D eigenvalue weighted by molar-refractivity contribution is -0.116. The molecule has 1 heterocycles. The number of nitrogens with zero attached hydrogens (tertiary/aromatic N) is 1. The topological polar surface area (TPSA) is 20.3 Å². The van der Waals surface area contributed by atoms with Crippen molar-refractivity contribution in [3.8, 4) is 0 Å². The summed E-state index contributed by atoms with van der Waals surface area (Å²) in [5, 5.41) is 0.385. The van der Waals surface area contributed by atoms with Gasteiger partial charge in [-0.05, 0) is 48.3 Å². The Morgan fingerprint density at radius 1 is 1.17 bits per heavy atom. The highest BCUT2D eigenvalue weighted by Crippen LogP contribution is 2.34. The molecular formula is C18H26BrNOS2. The van der Waals surface area contributed by atoms with Crippen LogP contribution in [0.15, 0.2) is 18.2 Å². The molecule has 0 atom stereocenters. The highest BCUT2D eigenvalue weighted by molar-refractivity contribution is 9.09. The second-order valence-corrected chi connectivity index (χ2v) is 9.13. The van der Waals surface area contributed by atoms with Gasteiger partial charge in [-0.15, -0.1) is 23.5 Å². The van der Waals surface area contributed by atoms with Gasteiger partial charge in [0.05, 0.1) is 15.6 Å². The Labute approximate surface area is 157 Å². The Kier molecular flexibility index (Phi) is 8.34. The summed E-state index contributed by atoms with van der Waals surface area (Å²) in [5.74, 6) is 2.60. The number of halogens is 1. The zero-order valence-electron chi connectivity index (χ0n) is 14.0. The molecule has 0 saturated carbocycles. The van der Waals surface area contributed by atoms with Crippen molar-refractivity contribution < 1.29 is 4.79 Å². The van der Waals surface area contributed by atoms with Crippen LogP contribution in [0, 0.1) is 0 Å². The van der Waals surface area contributed by atoms with E-state index in [0.717, 1.165) is 25.1 Å². The molecule has 1 fully saturated rings. The molecule has 0 unspecified atom stereocenters. The highest BCUT2D eigenvalue weighted by Gasteiger charge is 2.25. The smallest absolute Gasteiger partial charge is 0.237 e. The molecule has 0 bridgehead atoms. The summed E-state index contributed by atoms with van der Waals surface area (Å²) in [5.41, 5.74) is 3.72. The molecule has 0 N–H and O–H groups in total. The third-order valence-electron chi connectivity index (χ3n) is 4.13. The van der Waals surface area contributed by atoms with Crippen molar-refractivity contribution >= 4 is 51.0 Å². The van der Waals surface area contributed by atoms with E-state index in [1.54, 1.807) is 0 Å². The van der Waals surface area contributed by atoms with Gasteiger partial charge in [0.25, 0.3) is 0 Å². The number of benzene rings is 1. The zero-order chi connectivity index (χ0) is 16.7. The fourth-order valence-corrected chi connectivity index (χ4v) is 5.93. The molecule has 23 heavy (non-hydrogen) atoms. The summed E-state index contributed by atoms with van der Waals surface area (Å²) < 4.78 is 0.482. The fourth-order valence-electron chi connectivity index (χ4n) is 2.89. The molecular weight excluding hydrogens is 390 g/mol. The summed E-state index contributed by atoms with van der Waals surface area (Å²) in [6, 6.07) is 6.44. The fraction of sp³-hybridized carbons (Fsp3) is 0.611. The van der Waals surface area contributed by atoms with Gasteiger partial charge in [-0.2, -0.15) is 0 Å². The number of aryl methyl sites for hydroxylation is 2. The van der Waals surface area contributed by atoms with E-state index in [0.29, 0.717) is 9.91 Å². The Bertz CT molecular complexity index is 493. The summed E-state index contributed by atoms with van der Waals surface area (Å²) in [6.07, 6.45) is 4.51. The number of para-hydroxylation sites is 1. The molecule has 0 spiro atoms. The second-order valence-electron chi connectivity index (χ2n) is 5.65. The van der Waals surface area contributed by atoms with Crippen molar-refractivity contribution in [1.82, 2.24) is 0 Å². The van der Waals surface area contributed by atoms with Crippen LogP contribution in [-0.2, 0) is 17.6 Å². The van der Waals surface area contributed by atoms with Crippen LogP contribution < -0.4 is 4.90 Å². The molecule has 1 aliphatic rings. The summed E-state index contributed by atoms with van der Waals surface area (Å²) >= 11 is 7.41. The van der Waals surface area contributed by atoms with Crippen LogP contribution in [0.1, 0.15) is 37.8 Å². The number of alkyl halides is 1. The first-order valence-electron chi connectivity index (χ1n) is 8.41. The van der Waals surface area contributed by atoms with Crippen LogP contribution >= 0.6 is 39.5 Å². The monoisotopic (exact) mass is 415 g/mol. The molecule has 1 saturated heterocycles. The van der Waals surface area contributed by atoms with Crippen LogP contribution in [0.5, 0.6) is 0 Å². The minimum atomic E-state index is 0.172. The maximum Gasteiger partial charge on any atom is 0.237 e. The molecule has 0 aliphatic carbocycles. The third-order valence-corrected chi connectivity index (χ3v) is 7.51. The van der Waals surface area contributed by atoms with Gasteiger partial charge in [0, 0.05) is 6.54 Å². The maximum absolute atomic E-state index is 12.7. The Hall–Kier alpha value is -0.130. The minimum absolute atomic E-state index is 0.172. The van der Waals surface area contributed by atoms with Gasteiger partial charge >= 0.3 is 0 Å². The van der Waals surface area contributed by atoms with Crippen molar-refractivity contribution in [2.24, 2.45) is 0 Å². The Morgan fingerprint density at radius 2 is 1.74 bits per heavy atom. The molecule has 2 rings (SSSR count). The lowest BCUT2D eigenvalue weighted by Crippen LogP contribution is -2.38. The molecule has 0 radical (unpaired) electrons. The largest absolute Gasteiger partial charge is 0.309 e. The average molecular weight is 416 g/mol. The number of amides is 1. The Morgan fingerprint density at radius 3 is 2.22 bits per heavy atom. The van der Waals surface area contributed by atoms with Crippen molar-refractivity contribution in [3.63, 3.8) is 0 Å².